The van der Waals surface area contributed by atoms with Crippen molar-refractivity contribution in [3.05, 3.63) is 29.8 Å². The molecule has 0 saturated heterocycles. The number of hydrogen-bond donors (Lipinski definition) is 2. The molecular formula is C13H20N2O3. The fourth-order valence-corrected chi connectivity index (χ4v) is 1.49. The molecule has 0 bridgehead atoms. The number of para-hydroxylation sites is 1. The van der Waals surface area contributed by atoms with Crippen molar-refractivity contribution in [2.75, 3.05) is 39.2 Å². The van der Waals surface area contributed by atoms with E-state index >= 15 is 0 Å². The first-order valence-corrected chi connectivity index (χ1v) is 5.84. The molecule has 0 aliphatic carbocycles. The Hall–Kier alpha value is -1.43. The van der Waals surface area contributed by atoms with Gasteiger partial charge in [0.25, 0.3) is 0 Å². The zero-order valence-electron chi connectivity index (χ0n) is 10.9. The maximum absolute atomic E-state index is 11.7. The van der Waals surface area contributed by atoms with Gasteiger partial charge in [-0.3, -0.25) is 4.79 Å². The SMILES string of the molecule is COCCNCC(=O)Nc1ccccc1COC. The molecule has 0 fully saturated rings. The molecular weight excluding hydrogens is 232 g/mol. The zero-order chi connectivity index (χ0) is 13.2. The Kier molecular flexibility index (Phi) is 7.01. The second-order valence-electron chi connectivity index (χ2n) is 3.81. The molecule has 2 N–H and O–H groups in total. The van der Waals surface area contributed by atoms with Crippen LogP contribution in [0, 0.1) is 0 Å². The first-order valence-electron chi connectivity index (χ1n) is 5.84. The highest BCUT2D eigenvalue weighted by Gasteiger charge is 2.05. The topological polar surface area (TPSA) is 59.6 Å². The van der Waals surface area contributed by atoms with E-state index in [2.05, 4.69) is 10.6 Å². The van der Waals surface area contributed by atoms with Crippen molar-refractivity contribution in [1.82, 2.24) is 5.32 Å². The number of benzene rings is 1. The molecule has 18 heavy (non-hydrogen) atoms. The van der Waals surface area contributed by atoms with Crippen LogP contribution < -0.4 is 10.6 Å². The number of ether oxygens (including phenoxy) is 2. The summed E-state index contributed by atoms with van der Waals surface area (Å²) < 4.78 is 9.96. The third kappa shape index (κ3) is 5.27. The number of hydrogen-bond acceptors (Lipinski definition) is 4. The summed E-state index contributed by atoms with van der Waals surface area (Å²) in [5.41, 5.74) is 1.75. The summed E-state index contributed by atoms with van der Waals surface area (Å²) in [5.74, 6) is -0.0744. The van der Waals surface area contributed by atoms with Crippen molar-refractivity contribution in [2.24, 2.45) is 0 Å². The Bertz CT molecular complexity index is 369. The molecule has 0 aliphatic heterocycles. The predicted molar refractivity (Wildman–Crippen MR) is 70.5 cm³/mol. The third-order valence-electron chi connectivity index (χ3n) is 2.36. The van der Waals surface area contributed by atoms with Crippen LogP contribution in [0.25, 0.3) is 0 Å². The lowest BCUT2D eigenvalue weighted by Gasteiger charge is -2.10. The van der Waals surface area contributed by atoms with Crippen LogP contribution in [0.5, 0.6) is 0 Å². The van der Waals surface area contributed by atoms with Crippen LogP contribution in [0.2, 0.25) is 0 Å². The highest BCUT2D eigenvalue weighted by Crippen LogP contribution is 2.15. The fraction of sp³-hybridized carbons (Fsp3) is 0.462. The van der Waals surface area contributed by atoms with Crippen molar-refractivity contribution < 1.29 is 14.3 Å². The van der Waals surface area contributed by atoms with Crippen molar-refractivity contribution >= 4 is 11.6 Å². The van der Waals surface area contributed by atoms with Crippen molar-refractivity contribution in [1.29, 1.82) is 0 Å². The molecule has 0 saturated carbocycles. The molecule has 5 nitrogen and oxygen atoms in total. The smallest absolute Gasteiger partial charge is 0.238 e. The van der Waals surface area contributed by atoms with Crippen LogP contribution >= 0.6 is 0 Å². The van der Waals surface area contributed by atoms with Crippen LogP contribution in [0.3, 0.4) is 0 Å². The summed E-state index contributed by atoms with van der Waals surface area (Å²) in [4.78, 5) is 11.7. The van der Waals surface area contributed by atoms with E-state index in [4.69, 9.17) is 9.47 Å². The Labute approximate surface area is 107 Å². The number of anilines is 1. The van der Waals surface area contributed by atoms with Gasteiger partial charge in [0.2, 0.25) is 5.91 Å². The van der Waals surface area contributed by atoms with Gasteiger partial charge in [-0.2, -0.15) is 0 Å². The minimum atomic E-state index is -0.0744. The summed E-state index contributed by atoms with van der Waals surface area (Å²) >= 11 is 0. The molecule has 1 aromatic rings. The summed E-state index contributed by atoms with van der Waals surface area (Å²) in [6.07, 6.45) is 0. The van der Waals surface area contributed by atoms with E-state index in [1.807, 2.05) is 24.3 Å². The number of rotatable bonds is 8. The lowest BCUT2D eigenvalue weighted by molar-refractivity contribution is -0.115. The second-order valence-corrected chi connectivity index (χ2v) is 3.81. The molecule has 1 aromatic carbocycles. The van der Waals surface area contributed by atoms with Gasteiger partial charge in [0, 0.05) is 32.0 Å². The largest absolute Gasteiger partial charge is 0.383 e. The van der Waals surface area contributed by atoms with E-state index in [1.54, 1.807) is 14.2 Å². The van der Waals surface area contributed by atoms with Gasteiger partial charge in [-0.15, -0.1) is 0 Å². The first-order chi connectivity index (χ1) is 8.77. The number of carbonyl (C=O) groups excluding carboxylic acids is 1. The molecule has 0 aliphatic rings. The normalized spacial score (nSPS) is 10.3. The Balaban J connectivity index is 2.43. The fourth-order valence-electron chi connectivity index (χ4n) is 1.49. The van der Waals surface area contributed by atoms with Gasteiger partial charge in [0.05, 0.1) is 19.8 Å². The van der Waals surface area contributed by atoms with Crippen LogP contribution in [0.4, 0.5) is 5.69 Å². The zero-order valence-corrected chi connectivity index (χ0v) is 10.9. The highest BCUT2D eigenvalue weighted by atomic mass is 16.5. The first kappa shape index (κ1) is 14.6. The minimum Gasteiger partial charge on any atom is -0.383 e. The summed E-state index contributed by atoms with van der Waals surface area (Å²) in [6, 6.07) is 7.59. The van der Waals surface area contributed by atoms with Gasteiger partial charge in [0.1, 0.15) is 0 Å². The lowest BCUT2D eigenvalue weighted by Crippen LogP contribution is -2.30. The van der Waals surface area contributed by atoms with Gasteiger partial charge >= 0.3 is 0 Å². The van der Waals surface area contributed by atoms with Gasteiger partial charge in [-0.05, 0) is 6.07 Å². The third-order valence-corrected chi connectivity index (χ3v) is 2.36. The molecule has 0 unspecified atom stereocenters. The van der Waals surface area contributed by atoms with Gasteiger partial charge in [-0.25, -0.2) is 0 Å². The molecule has 1 amide bonds. The molecule has 100 valence electrons. The van der Waals surface area contributed by atoms with Crippen LogP contribution in [0.15, 0.2) is 24.3 Å². The summed E-state index contributed by atoms with van der Waals surface area (Å²) in [6.45, 7) is 2.00. The average molecular weight is 252 g/mol. The molecule has 0 spiro atoms. The molecule has 5 heteroatoms. The van der Waals surface area contributed by atoms with E-state index in [9.17, 15) is 4.79 Å². The van der Waals surface area contributed by atoms with E-state index in [0.29, 0.717) is 19.8 Å². The van der Waals surface area contributed by atoms with E-state index in [-0.39, 0.29) is 12.5 Å². The standard InChI is InChI=1S/C13H20N2O3/c1-17-8-7-14-9-13(16)15-12-6-4-3-5-11(12)10-18-2/h3-6,14H,7-10H2,1-2H3,(H,15,16). The van der Waals surface area contributed by atoms with Crippen LogP contribution in [-0.2, 0) is 20.9 Å². The van der Waals surface area contributed by atoms with E-state index < -0.39 is 0 Å². The number of methoxy groups -OCH3 is 2. The summed E-state index contributed by atoms with van der Waals surface area (Å²) in [7, 11) is 3.26. The maximum atomic E-state index is 11.7. The van der Waals surface area contributed by atoms with Gasteiger partial charge < -0.3 is 20.1 Å². The molecule has 0 heterocycles. The van der Waals surface area contributed by atoms with Gasteiger partial charge in [-0.1, -0.05) is 18.2 Å². The molecule has 0 aromatic heterocycles. The molecule has 0 atom stereocenters. The number of carbonyl (C=O) groups is 1. The van der Waals surface area contributed by atoms with Crippen LogP contribution in [-0.4, -0.2) is 39.8 Å². The maximum Gasteiger partial charge on any atom is 0.238 e. The van der Waals surface area contributed by atoms with Crippen molar-refractivity contribution in [3.63, 3.8) is 0 Å². The Morgan fingerprint density at radius 2 is 2.00 bits per heavy atom. The Morgan fingerprint density at radius 3 is 2.72 bits per heavy atom. The summed E-state index contributed by atoms with van der Waals surface area (Å²) in [5, 5.41) is 5.84. The minimum absolute atomic E-state index is 0.0744. The molecule has 1 rings (SSSR count). The van der Waals surface area contributed by atoms with Crippen molar-refractivity contribution in [3.8, 4) is 0 Å². The predicted octanol–water partition coefficient (Wildman–Crippen LogP) is 1.01. The lowest BCUT2D eigenvalue weighted by atomic mass is 10.2. The van der Waals surface area contributed by atoms with Crippen molar-refractivity contribution in [2.45, 2.75) is 6.61 Å². The van der Waals surface area contributed by atoms with E-state index in [1.165, 1.54) is 0 Å². The number of amides is 1. The monoisotopic (exact) mass is 252 g/mol. The highest BCUT2D eigenvalue weighted by molar-refractivity contribution is 5.92. The van der Waals surface area contributed by atoms with Crippen LogP contribution in [0.1, 0.15) is 5.56 Å². The average Bonchev–Trinajstić information content (AvgIpc) is 2.37. The van der Waals surface area contributed by atoms with E-state index in [0.717, 1.165) is 11.3 Å². The molecule has 0 radical (unpaired) electrons. The van der Waals surface area contributed by atoms with Gasteiger partial charge in [0.15, 0.2) is 0 Å². The second kappa shape index (κ2) is 8.63. The number of nitrogens with one attached hydrogen (secondary N) is 2. The quantitative estimate of drug-likeness (QED) is 0.678. The Morgan fingerprint density at radius 1 is 1.22 bits per heavy atom.